The quantitative estimate of drug-likeness (QED) is 0.0458. The SMILES string of the molecule is CCCCCc1cc(OCN(C)C(=O)OCCOCCOCCOCCOC)c(C2C=C(C)CCC2)c(OCN(C)C(=O)OCCOCCOCCOCCOC)c1. The van der Waals surface area contributed by atoms with E-state index in [-0.39, 0.29) is 45.8 Å². The molecule has 1 aromatic carbocycles. The first-order valence-electron chi connectivity index (χ1n) is 20.6. The van der Waals surface area contributed by atoms with Gasteiger partial charge in [0.05, 0.1) is 92.5 Å². The predicted octanol–water partition coefficient (Wildman–Crippen LogP) is 5.83. The van der Waals surface area contributed by atoms with Crippen LogP contribution < -0.4 is 9.47 Å². The third-order valence-corrected chi connectivity index (χ3v) is 8.88. The van der Waals surface area contributed by atoms with Crippen LogP contribution in [0.1, 0.15) is 69.4 Å². The van der Waals surface area contributed by atoms with E-state index in [0.29, 0.717) is 90.8 Å². The Hall–Kier alpha value is -3.22. The van der Waals surface area contributed by atoms with E-state index in [1.54, 1.807) is 28.3 Å². The number of amides is 2. The molecule has 0 aliphatic heterocycles. The van der Waals surface area contributed by atoms with E-state index in [1.165, 1.54) is 15.4 Å². The molecule has 1 unspecified atom stereocenters. The van der Waals surface area contributed by atoms with E-state index in [4.69, 9.17) is 56.8 Å². The van der Waals surface area contributed by atoms with Gasteiger partial charge in [0.2, 0.25) is 0 Å². The summed E-state index contributed by atoms with van der Waals surface area (Å²) < 4.78 is 66.2. The Kier molecular flexibility index (Phi) is 29.5. The van der Waals surface area contributed by atoms with Crippen molar-refractivity contribution in [3.8, 4) is 11.5 Å². The number of nitrogens with zero attached hydrogens (tertiary/aromatic N) is 2. The molecule has 16 nitrogen and oxygen atoms in total. The Morgan fingerprint density at radius 3 is 1.43 bits per heavy atom. The average molecular weight is 829 g/mol. The summed E-state index contributed by atoms with van der Waals surface area (Å²) in [5, 5.41) is 0. The van der Waals surface area contributed by atoms with Crippen molar-refractivity contribution in [3.05, 3.63) is 34.9 Å². The summed E-state index contributed by atoms with van der Waals surface area (Å²) in [5.74, 6) is 1.31. The van der Waals surface area contributed by atoms with Gasteiger partial charge in [-0.05, 0) is 56.7 Å². The summed E-state index contributed by atoms with van der Waals surface area (Å²) in [7, 11) is 6.51. The van der Waals surface area contributed by atoms with Gasteiger partial charge in [-0.25, -0.2) is 9.59 Å². The topological polar surface area (TPSA) is 151 Å². The molecule has 2 rings (SSSR count). The van der Waals surface area contributed by atoms with Crippen LogP contribution in [-0.4, -0.2) is 169 Å². The number of benzene rings is 1. The molecule has 1 aliphatic rings. The van der Waals surface area contributed by atoms with E-state index >= 15 is 0 Å². The fraction of sp³-hybridized carbons (Fsp3) is 0.762. The zero-order chi connectivity index (χ0) is 42.1. The smallest absolute Gasteiger partial charge is 0.412 e. The summed E-state index contributed by atoms with van der Waals surface area (Å²) in [6.07, 6.45) is 8.18. The van der Waals surface area contributed by atoms with Crippen LogP contribution in [0.15, 0.2) is 23.8 Å². The molecular formula is C42H72N2O14. The molecule has 334 valence electrons. The number of ether oxygens (including phenoxy) is 12. The van der Waals surface area contributed by atoms with Crippen molar-refractivity contribution in [2.75, 3.05) is 147 Å². The zero-order valence-corrected chi connectivity index (χ0v) is 36.1. The van der Waals surface area contributed by atoms with Gasteiger partial charge in [-0.1, -0.05) is 31.4 Å². The van der Waals surface area contributed by atoms with Crippen LogP contribution in [-0.2, 0) is 53.8 Å². The molecular weight excluding hydrogens is 756 g/mol. The van der Waals surface area contributed by atoms with Gasteiger partial charge in [-0.3, -0.25) is 9.80 Å². The molecule has 0 heterocycles. The van der Waals surface area contributed by atoms with Gasteiger partial charge in [0.1, 0.15) is 24.7 Å². The maximum atomic E-state index is 12.8. The number of rotatable bonds is 35. The number of carbonyl (C=O) groups excluding carboxylic acids is 2. The van der Waals surface area contributed by atoms with Crippen molar-refractivity contribution in [3.63, 3.8) is 0 Å². The van der Waals surface area contributed by atoms with E-state index in [9.17, 15) is 9.59 Å². The molecule has 0 spiro atoms. The lowest BCUT2D eigenvalue weighted by molar-refractivity contribution is -0.00475. The van der Waals surface area contributed by atoms with Crippen LogP contribution >= 0.6 is 0 Å². The van der Waals surface area contributed by atoms with Gasteiger partial charge in [-0.15, -0.1) is 0 Å². The fourth-order valence-electron chi connectivity index (χ4n) is 5.72. The maximum Gasteiger partial charge on any atom is 0.412 e. The molecule has 1 aliphatic carbocycles. The van der Waals surface area contributed by atoms with Gasteiger partial charge in [0, 0.05) is 39.8 Å². The van der Waals surface area contributed by atoms with Gasteiger partial charge in [-0.2, -0.15) is 0 Å². The molecule has 0 bridgehead atoms. The highest BCUT2D eigenvalue weighted by atomic mass is 16.6. The maximum absolute atomic E-state index is 12.8. The van der Waals surface area contributed by atoms with Crippen LogP contribution in [0.25, 0.3) is 0 Å². The van der Waals surface area contributed by atoms with Crippen molar-refractivity contribution in [1.29, 1.82) is 0 Å². The lowest BCUT2D eigenvalue weighted by atomic mass is 9.84. The third kappa shape index (κ3) is 23.4. The molecule has 58 heavy (non-hydrogen) atoms. The molecule has 1 aromatic rings. The van der Waals surface area contributed by atoms with Crippen molar-refractivity contribution in [2.24, 2.45) is 0 Å². The lowest BCUT2D eigenvalue weighted by Gasteiger charge is -2.27. The summed E-state index contributed by atoms with van der Waals surface area (Å²) in [6.45, 7) is 10.5. The number of hydrogen-bond acceptors (Lipinski definition) is 14. The van der Waals surface area contributed by atoms with Gasteiger partial charge in [0.25, 0.3) is 0 Å². The molecule has 16 heteroatoms. The second kappa shape index (κ2) is 33.6. The summed E-state index contributed by atoms with van der Waals surface area (Å²) >= 11 is 0. The minimum absolute atomic E-state index is 0.0339. The number of unbranched alkanes of at least 4 members (excludes halogenated alkanes) is 2. The fourth-order valence-corrected chi connectivity index (χ4v) is 5.72. The first-order valence-corrected chi connectivity index (χ1v) is 20.6. The lowest BCUT2D eigenvalue weighted by Crippen LogP contribution is -2.33. The van der Waals surface area contributed by atoms with Crippen molar-refractivity contribution in [2.45, 2.75) is 64.7 Å². The molecule has 0 saturated heterocycles. The van der Waals surface area contributed by atoms with E-state index < -0.39 is 12.2 Å². The second-order valence-electron chi connectivity index (χ2n) is 13.8. The van der Waals surface area contributed by atoms with Crippen LogP contribution in [0.5, 0.6) is 11.5 Å². The Bertz CT molecular complexity index is 1180. The van der Waals surface area contributed by atoms with Crippen LogP contribution in [0, 0.1) is 0 Å². The standard InChI is InChI=1S/C42H72N2O14/c1-7-8-9-12-36-31-38(57-33-43(3)41(45)55-28-26-53-24-22-51-20-18-49-16-14-47-5)40(37-13-10-11-35(2)30-37)39(32-36)58-34-44(4)42(46)56-29-27-54-25-23-52-21-19-50-17-15-48-6/h30-32,37H,7-29,33-34H2,1-6H3. The van der Waals surface area contributed by atoms with Crippen molar-refractivity contribution < 1.29 is 66.4 Å². The minimum atomic E-state index is -0.531. The summed E-state index contributed by atoms with van der Waals surface area (Å²) in [5.41, 5.74) is 3.23. The predicted molar refractivity (Wildman–Crippen MR) is 218 cm³/mol. The number of allylic oxidation sites excluding steroid dienone is 2. The molecule has 0 saturated carbocycles. The van der Waals surface area contributed by atoms with Crippen molar-refractivity contribution >= 4 is 12.2 Å². The van der Waals surface area contributed by atoms with Crippen LogP contribution in [0.2, 0.25) is 0 Å². The normalized spacial score (nSPS) is 13.9. The monoisotopic (exact) mass is 828 g/mol. The molecule has 2 amide bonds. The number of aryl methyl sites for hydroxylation is 1. The number of hydrogen-bond donors (Lipinski definition) is 0. The highest BCUT2D eigenvalue weighted by Gasteiger charge is 2.25. The van der Waals surface area contributed by atoms with Gasteiger partial charge < -0.3 is 56.8 Å². The Balaban J connectivity index is 1.94. The number of methoxy groups -OCH3 is 2. The Morgan fingerprint density at radius 1 is 0.621 bits per heavy atom. The van der Waals surface area contributed by atoms with Crippen LogP contribution in [0.3, 0.4) is 0 Å². The van der Waals surface area contributed by atoms with Gasteiger partial charge in [0.15, 0.2) is 13.5 Å². The number of carbonyl (C=O) groups is 2. The molecule has 0 radical (unpaired) electrons. The largest absolute Gasteiger partial charge is 0.472 e. The first-order chi connectivity index (χ1) is 28.3. The molecule has 0 fully saturated rings. The minimum Gasteiger partial charge on any atom is -0.472 e. The average Bonchev–Trinajstić information content (AvgIpc) is 3.22. The first kappa shape index (κ1) is 50.9. The van der Waals surface area contributed by atoms with Gasteiger partial charge >= 0.3 is 12.2 Å². The highest BCUT2D eigenvalue weighted by Crippen LogP contribution is 2.43. The third-order valence-electron chi connectivity index (χ3n) is 8.88. The Labute approximate surface area is 346 Å². The van der Waals surface area contributed by atoms with E-state index in [1.807, 2.05) is 0 Å². The highest BCUT2D eigenvalue weighted by molar-refractivity contribution is 5.67. The second-order valence-corrected chi connectivity index (χ2v) is 13.8. The molecule has 0 aromatic heterocycles. The summed E-state index contributed by atoms with van der Waals surface area (Å²) in [6, 6.07) is 4.10. The molecule has 0 N–H and O–H groups in total. The zero-order valence-electron chi connectivity index (χ0n) is 36.1. The van der Waals surface area contributed by atoms with E-state index in [2.05, 4.69) is 32.1 Å². The summed E-state index contributed by atoms with van der Waals surface area (Å²) in [4.78, 5) is 28.4. The van der Waals surface area contributed by atoms with E-state index in [0.717, 1.165) is 56.1 Å². The molecule has 1 atom stereocenters. The van der Waals surface area contributed by atoms with Crippen LogP contribution in [0.4, 0.5) is 9.59 Å². The Morgan fingerprint density at radius 2 is 1.03 bits per heavy atom. The van der Waals surface area contributed by atoms with Crippen molar-refractivity contribution in [1.82, 2.24) is 9.80 Å².